The van der Waals surface area contributed by atoms with Gasteiger partial charge in [-0.1, -0.05) is 13.8 Å². The summed E-state index contributed by atoms with van der Waals surface area (Å²) in [7, 11) is 0. The predicted octanol–water partition coefficient (Wildman–Crippen LogP) is 2.37. The van der Waals surface area contributed by atoms with Gasteiger partial charge in [0.25, 0.3) is 0 Å². The molecule has 4 heteroatoms. The Balaban J connectivity index is 3.03. The molecule has 17 heavy (non-hydrogen) atoms. The molecule has 0 saturated carbocycles. The van der Waals surface area contributed by atoms with Gasteiger partial charge in [0.05, 0.1) is 12.3 Å². The molecule has 0 aliphatic carbocycles. The minimum Gasteiger partial charge on any atom is -0.386 e. The molecule has 0 aliphatic rings. The van der Waals surface area contributed by atoms with Crippen LogP contribution in [0, 0.1) is 5.82 Å². The lowest BCUT2D eigenvalue weighted by Gasteiger charge is -2.41. The van der Waals surface area contributed by atoms with Crippen molar-refractivity contribution in [2.24, 2.45) is 0 Å². The van der Waals surface area contributed by atoms with Gasteiger partial charge in [0.2, 0.25) is 0 Å². The lowest BCUT2D eigenvalue weighted by atomic mass is 9.89. The molecule has 3 nitrogen and oxygen atoms in total. The quantitative estimate of drug-likeness (QED) is 0.858. The van der Waals surface area contributed by atoms with Crippen molar-refractivity contribution < 1.29 is 9.50 Å². The lowest BCUT2D eigenvalue weighted by Crippen LogP contribution is -2.48. The fraction of sp³-hybridized carbons (Fsp3) is 0.615. The van der Waals surface area contributed by atoms with E-state index in [9.17, 15) is 9.50 Å². The third-order valence-corrected chi connectivity index (χ3v) is 3.35. The van der Waals surface area contributed by atoms with Gasteiger partial charge in [-0.25, -0.2) is 4.39 Å². The van der Waals surface area contributed by atoms with Crippen LogP contribution in [-0.2, 0) is 0 Å². The minimum absolute atomic E-state index is 0.303. The van der Waals surface area contributed by atoms with E-state index < -0.39 is 17.5 Å². The Morgan fingerprint density at radius 3 is 2.47 bits per heavy atom. The van der Waals surface area contributed by atoms with Gasteiger partial charge in [0.15, 0.2) is 0 Å². The first kappa shape index (κ1) is 14.1. The molecule has 1 aromatic heterocycles. The van der Waals surface area contributed by atoms with Crippen LogP contribution in [0.15, 0.2) is 18.5 Å². The highest BCUT2D eigenvalue weighted by Gasteiger charge is 2.35. The van der Waals surface area contributed by atoms with Gasteiger partial charge in [-0.2, -0.15) is 0 Å². The number of aliphatic hydroxyl groups excluding tert-OH is 1. The Hall–Kier alpha value is -1.00. The highest BCUT2D eigenvalue weighted by molar-refractivity contribution is 5.19. The van der Waals surface area contributed by atoms with E-state index in [0.717, 1.165) is 19.3 Å². The van der Waals surface area contributed by atoms with E-state index in [1.165, 1.54) is 12.3 Å². The molecule has 0 aliphatic heterocycles. The van der Waals surface area contributed by atoms with Crippen molar-refractivity contribution >= 4 is 0 Å². The molecule has 0 amide bonds. The van der Waals surface area contributed by atoms with E-state index in [4.69, 9.17) is 0 Å². The monoisotopic (exact) mass is 240 g/mol. The van der Waals surface area contributed by atoms with E-state index in [1.54, 1.807) is 0 Å². The van der Waals surface area contributed by atoms with Crippen LogP contribution in [-0.4, -0.2) is 33.6 Å². The SMILES string of the molecule is CCN(CC)C(C)(C)C(O)c1ccncc1F. The van der Waals surface area contributed by atoms with Gasteiger partial charge in [-0.3, -0.25) is 9.88 Å². The van der Waals surface area contributed by atoms with Crippen molar-refractivity contribution in [2.75, 3.05) is 13.1 Å². The number of hydrogen-bond donors (Lipinski definition) is 1. The van der Waals surface area contributed by atoms with Crippen LogP contribution in [0.4, 0.5) is 4.39 Å². The summed E-state index contributed by atoms with van der Waals surface area (Å²) in [6, 6.07) is 1.53. The largest absolute Gasteiger partial charge is 0.386 e. The Labute approximate surface area is 102 Å². The number of aliphatic hydroxyl groups is 1. The summed E-state index contributed by atoms with van der Waals surface area (Å²) in [4.78, 5) is 5.80. The topological polar surface area (TPSA) is 36.4 Å². The third-order valence-electron chi connectivity index (χ3n) is 3.35. The van der Waals surface area contributed by atoms with E-state index >= 15 is 0 Å². The molecule has 1 atom stereocenters. The number of pyridine rings is 1. The Kier molecular flexibility index (Phi) is 4.60. The number of likely N-dealkylation sites (N-methyl/N-ethyl adjacent to an activating group) is 1. The summed E-state index contributed by atoms with van der Waals surface area (Å²) in [6.45, 7) is 9.53. The van der Waals surface area contributed by atoms with Crippen molar-refractivity contribution in [2.45, 2.75) is 39.3 Å². The zero-order valence-electron chi connectivity index (χ0n) is 10.9. The van der Waals surface area contributed by atoms with E-state index in [0.29, 0.717) is 5.56 Å². The summed E-state index contributed by atoms with van der Waals surface area (Å²) in [5, 5.41) is 10.4. The maximum Gasteiger partial charge on any atom is 0.147 e. The van der Waals surface area contributed by atoms with Gasteiger partial charge in [0.1, 0.15) is 5.82 Å². The standard InChI is InChI=1S/C13H21FN2O/c1-5-16(6-2)13(3,4)12(17)10-7-8-15-9-11(10)14/h7-9,12,17H,5-6H2,1-4H3. The van der Waals surface area contributed by atoms with Crippen LogP contribution in [0.1, 0.15) is 39.4 Å². The Morgan fingerprint density at radius 2 is 2.00 bits per heavy atom. The normalized spacial score (nSPS) is 14.1. The van der Waals surface area contributed by atoms with Crippen LogP contribution in [0.25, 0.3) is 0 Å². The van der Waals surface area contributed by atoms with Gasteiger partial charge in [-0.05, 0) is 33.0 Å². The number of rotatable bonds is 5. The molecule has 0 saturated heterocycles. The predicted molar refractivity (Wildman–Crippen MR) is 66.2 cm³/mol. The second-order valence-corrected chi connectivity index (χ2v) is 4.63. The summed E-state index contributed by atoms with van der Waals surface area (Å²) < 4.78 is 13.6. The average Bonchev–Trinajstić information content (AvgIpc) is 2.30. The zero-order valence-corrected chi connectivity index (χ0v) is 10.9. The zero-order chi connectivity index (χ0) is 13.1. The molecule has 0 spiro atoms. The first-order valence-electron chi connectivity index (χ1n) is 5.97. The van der Waals surface area contributed by atoms with Gasteiger partial charge in [0, 0.05) is 17.3 Å². The molecule has 96 valence electrons. The van der Waals surface area contributed by atoms with Crippen molar-refractivity contribution in [3.8, 4) is 0 Å². The van der Waals surface area contributed by atoms with Crippen molar-refractivity contribution in [3.63, 3.8) is 0 Å². The molecule has 1 N–H and O–H groups in total. The molecule has 0 aromatic carbocycles. The number of hydrogen-bond acceptors (Lipinski definition) is 3. The Morgan fingerprint density at radius 1 is 1.41 bits per heavy atom. The van der Waals surface area contributed by atoms with E-state index in [-0.39, 0.29) is 0 Å². The molecule has 0 bridgehead atoms. The molecular formula is C13H21FN2O. The number of halogens is 1. The fourth-order valence-corrected chi connectivity index (χ4v) is 2.20. The minimum atomic E-state index is -0.870. The van der Waals surface area contributed by atoms with Crippen LogP contribution in [0.3, 0.4) is 0 Å². The number of aromatic nitrogens is 1. The highest BCUT2D eigenvalue weighted by Crippen LogP contribution is 2.31. The maximum atomic E-state index is 13.6. The van der Waals surface area contributed by atoms with Crippen molar-refractivity contribution in [3.05, 3.63) is 29.8 Å². The van der Waals surface area contributed by atoms with Gasteiger partial charge < -0.3 is 5.11 Å². The summed E-state index contributed by atoms with van der Waals surface area (Å²) in [5.74, 6) is -0.458. The van der Waals surface area contributed by atoms with Crippen LogP contribution in [0.2, 0.25) is 0 Å². The highest BCUT2D eigenvalue weighted by atomic mass is 19.1. The van der Waals surface area contributed by atoms with Gasteiger partial charge in [-0.15, -0.1) is 0 Å². The summed E-state index contributed by atoms with van der Waals surface area (Å²) >= 11 is 0. The van der Waals surface area contributed by atoms with Crippen LogP contribution < -0.4 is 0 Å². The molecule has 0 fully saturated rings. The smallest absolute Gasteiger partial charge is 0.147 e. The molecule has 0 radical (unpaired) electrons. The van der Waals surface area contributed by atoms with E-state index in [1.807, 2.05) is 27.7 Å². The van der Waals surface area contributed by atoms with E-state index in [2.05, 4.69) is 9.88 Å². The van der Waals surface area contributed by atoms with Crippen LogP contribution in [0.5, 0.6) is 0 Å². The first-order chi connectivity index (χ1) is 7.95. The maximum absolute atomic E-state index is 13.6. The average molecular weight is 240 g/mol. The van der Waals surface area contributed by atoms with Crippen molar-refractivity contribution in [1.29, 1.82) is 0 Å². The molecule has 1 heterocycles. The lowest BCUT2D eigenvalue weighted by molar-refractivity contribution is -0.00819. The summed E-state index contributed by atoms with van der Waals surface area (Å²) in [6.07, 6.45) is 1.77. The summed E-state index contributed by atoms with van der Waals surface area (Å²) in [5.41, 5.74) is -0.206. The molecule has 1 unspecified atom stereocenters. The molecular weight excluding hydrogens is 219 g/mol. The number of nitrogens with zero attached hydrogens (tertiary/aromatic N) is 2. The van der Waals surface area contributed by atoms with Gasteiger partial charge >= 0.3 is 0 Å². The van der Waals surface area contributed by atoms with Crippen LogP contribution >= 0.6 is 0 Å². The second-order valence-electron chi connectivity index (χ2n) is 4.63. The molecule has 1 rings (SSSR count). The fourth-order valence-electron chi connectivity index (χ4n) is 2.20. The first-order valence-corrected chi connectivity index (χ1v) is 5.97. The Bertz CT molecular complexity index is 364. The molecule has 1 aromatic rings. The third kappa shape index (κ3) is 2.82. The second kappa shape index (κ2) is 5.56. The van der Waals surface area contributed by atoms with Crippen molar-refractivity contribution in [1.82, 2.24) is 9.88 Å².